The molecule has 35 heavy (non-hydrogen) atoms. The number of nitrogens with one attached hydrogen (secondary N) is 3. The number of benzene rings is 3. The molecule has 0 unspecified atom stereocenters. The minimum atomic E-state index is -4.43. The topological polar surface area (TPSA) is 62.6 Å². The molecule has 3 aromatic rings. The molecule has 8 heteroatoms. The zero-order valence-corrected chi connectivity index (χ0v) is 19.7. The van der Waals surface area contributed by atoms with Gasteiger partial charge in [-0.25, -0.2) is 0 Å². The van der Waals surface area contributed by atoms with Crippen LogP contribution in [-0.4, -0.2) is 38.0 Å². The summed E-state index contributed by atoms with van der Waals surface area (Å²) in [6, 6.07) is 18.0. The van der Waals surface area contributed by atoms with Gasteiger partial charge >= 0.3 is 6.18 Å². The molecule has 3 N–H and O–H groups in total. The van der Waals surface area contributed by atoms with Crippen molar-refractivity contribution < 1.29 is 27.7 Å². The number of quaternary nitrogens is 1. The van der Waals surface area contributed by atoms with E-state index in [4.69, 9.17) is 0 Å². The van der Waals surface area contributed by atoms with E-state index in [0.717, 1.165) is 31.8 Å². The van der Waals surface area contributed by atoms with Crippen molar-refractivity contribution in [2.45, 2.75) is 20.0 Å². The van der Waals surface area contributed by atoms with Gasteiger partial charge in [0.25, 0.3) is 11.8 Å². The van der Waals surface area contributed by atoms with Crippen molar-refractivity contribution in [3.63, 3.8) is 0 Å². The first kappa shape index (κ1) is 26.0. The summed E-state index contributed by atoms with van der Waals surface area (Å²) < 4.78 is 38.6. The number of likely N-dealkylation sites (N-methyl/N-ethyl adjacent to an activating group) is 1. The Hall–Kier alpha value is -3.65. The van der Waals surface area contributed by atoms with Gasteiger partial charge in [0.15, 0.2) is 0 Å². The van der Waals surface area contributed by atoms with Gasteiger partial charge in [0.1, 0.15) is 0 Å². The number of hydrogen-bond acceptors (Lipinski definition) is 2. The van der Waals surface area contributed by atoms with Crippen LogP contribution >= 0.6 is 0 Å². The third kappa shape index (κ3) is 6.93. The monoisotopic (exact) mass is 484 g/mol. The predicted octanol–water partition coefficient (Wildman–Crippen LogP) is 4.28. The zero-order chi connectivity index (χ0) is 25.4. The van der Waals surface area contributed by atoms with Crippen LogP contribution in [-0.2, 0) is 6.18 Å². The van der Waals surface area contributed by atoms with E-state index in [-0.39, 0.29) is 5.91 Å². The molecule has 0 radical (unpaired) electrons. The van der Waals surface area contributed by atoms with Crippen molar-refractivity contribution in [1.29, 1.82) is 0 Å². The van der Waals surface area contributed by atoms with Crippen LogP contribution in [0.4, 0.5) is 18.9 Å². The molecule has 0 aliphatic carbocycles. The Morgan fingerprint density at radius 2 is 1.46 bits per heavy atom. The summed E-state index contributed by atoms with van der Waals surface area (Å²) in [6.45, 7) is 7.65. The van der Waals surface area contributed by atoms with Gasteiger partial charge in [0.2, 0.25) is 0 Å². The maximum absolute atomic E-state index is 12.9. The van der Waals surface area contributed by atoms with Crippen LogP contribution in [0.25, 0.3) is 11.1 Å². The van der Waals surface area contributed by atoms with Gasteiger partial charge in [-0.2, -0.15) is 13.2 Å². The van der Waals surface area contributed by atoms with Gasteiger partial charge in [-0.05, 0) is 67.4 Å². The van der Waals surface area contributed by atoms with E-state index in [1.165, 1.54) is 17.0 Å². The van der Waals surface area contributed by atoms with Gasteiger partial charge in [-0.1, -0.05) is 30.3 Å². The molecule has 0 bridgehead atoms. The summed E-state index contributed by atoms with van der Waals surface area (Å²) in [5, 5.41) is 5.69. The van der Waals surface area contributed by atoms with Crippen molar-refractivity contribution >= 4 is 17.5 Å². The van der Waals surface area contributed by atoms with Crippen LogP contribution in [0.5, 0.6) is 0 Å². The molecule has 0 spiro atoms. The third-order valence-corrected chi connectivity index (χ3v) is 5.86. The molecular weight excluding hydrogens is 455 g/mol. The maximum atomic E-state index is 12.9. The molecule has 0 fully saturated rings. The number of rotatable bonds is 9. The SMILES string of the molecule is CC[NH+](CC)CCNC(=O)c1ccc(NC(=O)c2ccccc2-c2ccc(C(F)(F)F)cc2)cc1. The molecule has 0 aliphatic heterocycles. The van der Waals surface area contributed by atoms with Crippen molar-refractivity contribution in [3.8, 4) is 11.1 Å². The first-order valence-electron chi connectivity index (χ1n) is 11.5. The van der Waals surface area contributed by atoms with Crippen LogP contribution < -0.4 is 15.5 Å². The normalized spacial score (nSPS) is 11.4. The highest BCUT2D eigenvalue weighted by Gasteiger charge is 2.30. The van der Waals surface area contributed by atoms with Crippen LogP contribution in [0.15, 0.2) is 72.8 Å². The zero-order valence-electron chi connectivity index (χ0n) is 19.7. The molecule has 2 amide bonds. The largest absolute Gasteiger partial charge is 0.416 e. The highest BCUT2D eigenvalue weighted by atomic mass is 19.4. The second-order valence-corrected chi connectivity index (χ2v) is 8.12. The minimum Gasteiger partial charge on any atom is -0.346 e. The molecule has 0 saturated carbocycles. The van der Waals surface area contributed by atoms with Crippen molar-refractivity contribution in [3.05, 3.63) is 89.5 Å². The number of anilines is 1. The molecule has 0 aliphatic rings. The van der Waals surface area contributed by atoms with E-state index in [1.807, 2.05) is 0 Å². The Balaban J connectivity index is 1.67. The highest BCUT2D eigenvalue weighted by molar-refractivity contribution is 6.09. The number of carbonyl (C=O) groups is 2. The Labute approximate surface area is 203 Å². The van der Waals surface area contributed by atoms with E-state index in [9.17, 15) is 22.8 Å². The summed E-state index contributed by atoms with van der Waals surface area (Å²) in [6.07, 6.45) is -4.43. The maximum Gasteiger partial charge on any atom is 0.416 e. The van der Waals surface area contributed by atoms with Gasteiger partial charge in [0, 0.05) is 16.8 Å². The van der Waals surface area contributed by atoms with E-state index in [1.54, 1.807) is 48.5 Å². The second-order valence-electron chi connectivity index (χ2n) is 8.12. The lowest BCUT2D eigenvalue weighted by molar-refractivity contribution is -0.895. The predicted molar refractivity (Wildman–Crippen MR) is 131 cm³/mol. The molecule has 3 rings (SSSR count). The highest BCUT2D eigenvalue weighted by Crippen LogP contribution is 2.32. The van der Waals surface area contributed by atoms with Gasteiger partial charge in [0.05, 0.1) is 31.7 Å². The first-order valence-corrected chi connectivity index (χ1v) is 11.5. The Morgan fingerprint density at radius 1 is 0.829 bits per heavy atom. The molecule has 5 nitrogen and oxygen atoms in total. The van der Waals surface area contributed by atoms with Crippen molar-refractivity contribution in [2.75, 3.05) is 31.5 Å². The Kier molecular flexibility index (Phi) is 8.65. The molecule has 0 atom stereocenters. The average Bonchev–Trinajstić information content (AvgIpc) is 2.86. The minimum absolute atomic E-state index is 0.179. The van der Waals surface area contributed by atoms with Crippen LogP contribution in [0.3, 0.4) is 0 Å². The number of hydrogen-bond donors (Lipinski definition) is 3. The lowest BCUT2D eigenvalue weighted by Gasteiger charge is -2.15. The van der Waals surface area contributed by atoms with Crippen molar-refractivity contribution in [1.82, 2.24) is 5.32 Å². The fourth-order valence-electron chi connectivity index (χ4n) is 3.73. The summed E-state index contributed by atoms with van der Waals surface area (Å²) >= 11 is 0. The molecule has 3 aromatic carbocycles. The third-order valence-electron chi connectivity index (χ3n) is 5.86. The fourth-order valence-corrected chi connectivity index (χ4v) is 3.73. The van der Waals surface area contributed by atoms with E-state index in [2.05, 4.69) is 24.5 Å². The number of carbonyl (C=O) groups excluding carboxylic acids is 2. The average molecular weight is 485 g/mol. The van der Waals surface area contributed by atoms with Gasteiger partial charge < -0.3 is 15.5 Å². The Morgan fingerprint density at radius 3 is 2.06 bits per heavy atom. The Bertz CT molecular complexity index is 1140. The van der Waals surface area contributed by atoms with E-state index in [0.29, 0.717) is 34.5 Å². The molecule has 0 saturated heterocycles. The summed E-state index contributed by atoms with van der Waals surface area (Å²) in [5.41, 5.74) is 1.59. The quantitative estimate of drug-likeness (QED) is 0.425. The number of halogens is 3. The van der Waals surface area contributed by atoms with Crippen LogP contribution in [0, 0.1) is 0 Å². The number of amides is 2. The summed E-state index contributed by atoms with van der Waals surface area (Å²) in [7, 11) is 0. The molecule has 0 aromatic heterocycles. The first-order chi connectivity index (χ1) is 16.7. The van der Waals surface area contributed by atoms with Gasteiger partial charge in [-0.3, -0.25) is 9.59 Å². The lowest BCUT2D eigenvalue weighted by atomic mass is 9.98. The van der Waals surface area contributed by atoms with Gasteiger partial charge in [-0.15, -0.1) is 0 Å². The summed E-state index contributed by atoms with van der Waals surface area (Å²) in [4.78, 5) is 26.7. The van der Waals surface area contributed by atoms with E-state index < -0.39 is 17.6 Å². The summed E-state index contributed by atoms with van der Waals surface area (Å²) in [5.74, 6) is -0.582. The van der Waals surface area contributed by atoms with E-state index >= 15 is 0 Å². The molecular formula is C27H29F3N3O2+. The lowest BCUT2D eigenvalue weighted by Crippen LogP contribution is -3.12. The standard InChI is InChI=1S/C27H28F3N3O2/c1-3-33(4-2)18-17-31-25(34)20-11-15-22(16-12-20)32-26(35)24-8-6-5-7-23(24)19-9-13-21(14-10-19)27(28,29)30/h5-16H,3-4,17-18H2,1-2H3,(H,31,34)(H,32,35)/p+1. The molecule has 184 valence electrons. The van der Waals surface area contributed by atoms with Crippen LogP contribution in [0.2, 0.25) is 0 Å². The second kappa shape index (κ2) is 11.7. The smallest absolute Gasteiger partial charge is 0.346 e. The number of alkyl halides is 3. The van der Waals surface area contributed by atoms with Crippen LogP contribution in [0.1, 0.15) is 40.1 Å². The molecule has 0 heterocycles. The fraction of sp³-hybridized carbons (Fsp3) is 0.259. The van der Waals surface area contributed by atoms with Crippen molar-refractivity contribution in [2.24, 2.45) is 0 Å².